The number of carboxylic acid groups (broad SMARTS) is 2. The minimum Gasteiger partial charge on any atom is -0.450 e. The molecule has 0 aromatic carbocycles. The van der Waals surface area contributed by atoms with Crippen molar-refractivity contribution in [1.29, 1.82) is 0 Å². The molecule has 0 heterocycles. The SMILES string of the molecule is C#CCOCCC=C.O=C(O)O. The Morgan fingerprint density at radius 3 is 2.50 bits per heavy atom. The summed E-state index contributed by atoms with van der Waals surface area (Å²) in [4.78, 5) is 8.56. The maximum Gasteiger partial charge on any atom is 0.503 e. The fraction of sp³-hybridized carbons (Fsp3) is 0.375. The minimum absolute atomic E-state index is 0.411. The van der Waals surface area contributed by atoms with Crippen LogP contribution < -0.4 is 0 Å². The average molecular weight is 172 g/mol. The summed E-state index contributed by atoms with van der Waals surface area (Å²) in [6.07, 6.45) is 5.76. The Bertz CT molecular complexity index is 153. The molecule has 0 bridgehead atoms. The van der Waals surface area contributed by atoms with E-state index in [0.717, 1.165) is 6.42 Å². The van der Waals surface area contributed by atoms with Crippen molar-refractivity contribution < 1.29 is 19.7 Å². The second-order valence-corrected chi connectivity index (χ2v) is 1.62. The van der Waals surface area contributed by atoms with Gasteiger partial charge in [-0.2, -0.15) is 0 Å². The van der Waals surface area contributed by atoms with Crippen LogP contribution in [0.4, 0.5) is 4.79 Å². The van der Waals surface area contributed by atoms with E-state index < -0.39 is 6.16 Å². The van der Waals surface area contributed by atoms with Crippen molar-refractivity contribution in [3.8, 4) is 12.3 Å². The van der Waals surface area contributed by atoms with Gasteiger partial charge in [0.05, 0.1) is 6.61 Å². The average Bonchev–Trinajstić information content (AvgIpc) is 1.97. The van der Waals surface area contributed by atoms with Gasteiger partial charge >= 0.3 is 6.16 Å². The van der Waals surface area contributed by atoms with Gasteiger partial charge in [-0.3, -0.25) is 0 Å². The molecule has 0 saturated carbocycles. The Labute approximate surface area is 71.5 Å². The maximum atomic E-state index is 8.56. The van der Waals surface area contributed by atoms with Gasteiger partial charge in [-0.15, -0.1) is 13.0 Å². The molecule has 0 radical (unpaired) electrons. The van der Waals surface area contributed by atoms with Gasteiger partial charge in [0.1, 0.15) is 6.61 Å². The van der Waals surface area contributed by atoms with E-state index in [4.69, 9.17) is 26.2 Å². The van der Waals surface area contributed by atoms with Crippen LogP contribution in [0.15, 0.2) is 12.7 Å². The van der Waals surface area contributed by atoms with Crippen LogP contribution in [0.1, 0.15) is 6.42 Å². The minimum atomic E-state index is -1.83. The quantitative estimate of drug-likeness (QED) is 0.382. The van der Waals surface area contributed by atoms with E-state index in [9.17, 15) is 0 Å². The van der Waals surface area contributed by atoms with Crippen molar-refractivity contribution >= 4 is 6.16 Å². The number of ether oxygens (including phenoxy) is 1. The van der Waals surface area contributed by atoms with E-state index >= 15 is 0 Å². The highest BCUT2D eigenvalue weighted by molar-refractivity contribution is 5.53. The third kappa shape index (κ3) is 38.8. The lowest BCUT2D eigenvalue weighted by Gasteiger charge is -1.92. The third-order valence-corrected chi connectivity index (χ3v) is 0.652. The van der Waals surface area contributed by atoms with Crippen molar-refractivity contribution in [3.05, 3.63) is 12.7 Å². The molecule has 0 spiro atoms. The Morgan fingerprint density at radius 2 is 2.17 bits per heavy atom. The second-order valence-electron chi connectivity index (χ2n) is 1.62. The fourth-order valence-corrected chi connectivity index (χ4v) is 0.298. The maximum absolute atomic E-state index is 8.56. The van der Waals surface area contributed by atoms with Gasteiger partial charge in [0, 0.05) is 0 Å². The summed E-state index contributed by atoms with van der Waals surface area (Å²) < 4.78 is 4.92. The second kappa shape index (κ2) is 12.2. The lowest BCUT2D eigenvalue weighted by molar-refractivity contribution is 0.137. The standard InChI is InChI=1S/C7H10O.CH2O3/c1-3-5-7-8-6-4-2;2-1(3)4/h2-3H,1,5-7H2;(H2,2,3,4). The Balaban J connectivity index is 0. The van der Waals surface area contributed by atoms with E-state index in [-0.39, 0.29) is 0 Å². The summed E-state index contributed by atoms with van der Waals surface area (Å²) in [5.41, 5.74) is 0. The summed E-state index contributed by atoms with van der Waals surface area (Å²) in [5, 5.41) is 13.9. The van der Waals surface area contributed by atoms with E-state index in [2.05, 4.69) is 12.5 Å². The summed E-state index contributed by atoms with van der Waals surface area (Å²) >= 11 is 0. The van der Waals surface area contributed by atoms with E-state index in [1.807, 2.05) is 0 Å². The highest BCUT2D eigenvalue weighted by atomic mass is 16.6. The molecule has 12 heavy (non-hydrogen) atoms. The summed E-state index contributed by atoms with van der Waals surface area (Å²) in [5.74, 6) is 2.37. The zero-order chi connectivity index (χ0) is 9.82. The van der Waals surface area contributed by atoms with Crippen LogP contribution >= 0.6 is 0 Å². The molecule has 0 atom stereocenters. The summed E-state index contributed by atoms with van der Waals surface area (Å²) in [6, 6.07) is 0. The largest absolute Gasteiger partial charge is 0.503 e. The first-order chi connectivity index (χ1) is 5.65. The van der Waals surface area contributed by atoms with E-state index in [0.29, 0.717) is 13.2 Å². The van der Waals surface area contributed by atoms with Crippen LogP contribution in [0.2, 0.25) is 0 Å². The number of carbonyl (C=O) groups is 1. The van der Waals surface area contributed by atoms with Gasteiger partial charge in [-0.1, -0.05) is 12.0 Å². The number of terminal acetylenes is 1. The number of hydrogen-bond donors (Lipinski definition) is 2. The Hall–Kier alpha value is -1.47. The predicted octanol–water partition coefficient (Wildman–Crippen LogP) is 1.43. The molecule has 0 aliphatic carbocycles. The monoisotopic (exact) mass is 172 g/mol. The molecular formula is C8H12O4. The Kier molecular flexibility index (Phi) is 13.4. The molecule has 2 N–H and O–H groups in total. The molecule has 0 saturated heterocycles. The summed E-state index contributed by atoms with van der Waals surface area (Å²) in [7, 11) is 0. The van der Waals surface area contributed by atoms with Gasteiger partial charge in [0.25, 0.3) is 0 Å². The van der Waals surface area contributed by atoms with E-state index in [1.54, 1.807) is 6.08 Å². The zero-order valence-corrected chi connectivity index (χ0v) is 6.69. The van der Waals surface area contributed by atoms with Crippen molar-refractivity contribution in [2.24, 2.45) is 0 Å². The molecule has 0 amide bonds. The predicted molar refractivity (Wildman–Crippen MR) is 45.1 cm³/mol. The first-order valence-electron chi connectivity index (χ1n) is 3.19. The first kappa shape index (κ1) is 13.1. The van der Waals surface area contributed by atoms with Crippen LogP contribution in [0, 0.1) is 12.3 Å². The molecule has 0 unspecified atom stereocenters. The van der Waals surface area contributed by atoms with Gasteiger partial charge < -0.3 is 14.9 Å². The van der Waals surface area contributed by atoms with Crippen LogP contribution in [0.3, 0.4) is 0 Å². The van der Waals surface area contributed by atoms with Gasteiger partial charge in [0.15, 0.2) is 0 Å². The molecular weight excluding hydrogens is 160 g/mol. The number of rotatable bonds is 4. The van der Waals surface area contributed by atoms with Crippen LogP contribution in [0.25, 0.3) is 0 Å². The highest BCUT2D eigenvalue weighted by Crippen LogP contribution is 1.80. The van der Waals surface area contributed by atoms with Gasteiger partial charge in [0.2, 0.25) is 0 Å². The molecule has 0 aliphatic rings. The fourth-order valence-electron chi connectivity index (χ4n) is 0.298. The number of hydrogen-bond acceptors (Lipinski definition) is 2. The molecule has 0 fully saturated rings. The van der Waals surface area contributed by atoms with Crippen LogP contribution in [0.5, 0.6) is 0 Å². The van der Waals surface area contributed by atoms with Crippen molar-refractivity contribution in [2.75, 3.05) is 13.2 Å². The first-order valence-corrected chi connectivity index (χ1v) is 3.19. The molecule has 4 nitrogen and oxygen atoms in total. The normalized spacial score (nSPS) is 7.25. The van der Waals surface area contributed by atoms with E-state index in [1.165, 1.54) is 0 Å². The topological polar surface area (TPSA) is 66.8 Å². The smallest absolute Gasteiger partial charge is 0.450 e. The molecule has 4 heteroatoms. The molecule has 0 aromatic heterocycles. The zero-order valence-electron chi connectivity index (χ0n) is 6.69. The molecule has 0 rings (SSSR count). The molecule has 0 aromatic rings. The van der Waals surface area contributed by atoms with Crippen LogP contribution in [-0.2, 0) is 4.74 Å². The van der Waals surface area contributed by atoms with Gasteiger partial charge in [-0.25, -0.2) is 4.79 Å². The lowest BCUT2D eigenvalue weighted by atomic mass is 10.5. The van der Waals surface area contributed by atoms with Crippen molar-refractivity contribution in [3.63, 3.8) is 0 Å². The summed E-state index contributed by atoms with van der Waals surface area (Å²) in [6.45, 7) is 4.63. The Morgan fingerprint density at radius 1 is 1.67 bits per heavy atom. The van der Waals surface area contributed by atoms with Crippen LogP contribution in [-0.4, -0.2) is 29.6 Å². The molecule has 0 aliphatic heterocycles. The lowest BCUT2D eigenvalue weighted by Crippen LogP contribution is -1.91. The van der Waals surface area contributed by atoms with Gasteiger partial charge in [-0.05, 0) is 6.42 Å². The highest BCUT2D eigenvalue weighted by Gasteiger charge is 1.77. The third-order valence-electron chi connectivity index (χ3n) is 0.652. The van der Waals surface area contributed by atoms with Crippen molar-refractivity contribution in [2.45, 2.75) is 6.42 Å². The van der Waals surface area contributed by atoms with Crippen molar-refractivity contribution in [1.82, 2.24) is 0 Å². The molecule has 68 valence electrons.